The highest BCUT2D eigenvalue weighted by Crippen LogP contribution is 2.17. The summed E-state index contributed by atoms with van der Waals surface area (Å²) in [5, 5.41) is 2.78. The number of morpholine rings is 1. The van der Waals surface area contributed by atoms with E-state index in [9.17, 15) is 18.0 Å². The SMILES string of the molecule is O=C(NCC1CN(Cc2ccccc2)CCO1)c1ccc(OCC(F)(F)F)nc1. The molecule has 1 aromatic heterocycles. The van der Waals surface area contributed by atoms with E-state index < -0.39 is 12.8 Å². The van der Waals surface area contributed by atoms with Crippen molar-refractivity contribution in [2.75, 3.05) is 32.8 Å². The molecule has 29 heavy (non-hydrogen) atoms. The van der Waals surface area contributed by atoms with E-state index in [2.05, 4.69) is 32.1 Å². The number of hydrogen-bond donors (Lipinski definition) is 1. The maximum absolute atomic E-state index is 12.2. The quantitative estimate of drug-likeness (QED) is 0.762. The highest BCUT2D eigenvalue weighted by molar-refractivity contribution is 5.93. The lowest BCUT2D eigenvalue weighted by atomic mass is 10.2. The maximum Gasteiger partial charge on any atom is 0.422 e. The van der Waals surface area contributed by atoms with Gasteiger partial charge in [0, 0.05) is 38.4 Å². The van der Waals surface area contributed by atoms with Crippen molar-refractivity contribution in [2.24, 2.45) is 0 Å². The number of ether oxygens (including phenoxy) is 2. The van der Waals surface area contributed by atoms with Crippen LogP contribution in [-0.4, -0.2) is 60.9 Å². The molecule has 1 N–H and O–H groups in total. The van der Waals surface area contributed by atoms with Gasteiger partial charge in [-0.1, -0.05) is 30.3 Å². The average Bonchev–Trinajstić information content (AvgIpc) is 2.71. The van der Waals surface area contributed by atoms with Crippen LogP contribution in [-0.2, 0) is 11.3 Å². The van der Waals surface area contributed by atoms with Gasteiger partial charge in [-0.2, -0.15) is 13.2 Å². The van der Waals surface area contributed by atoms with Crippen molar-refractivity contribution in [1.29, 1.82) is 0 Å². The van der Waals surface area contributed by atoms with E-state index in [4.69, 9.17) is 4.74 Å². The summed E-state index contributed by atoms with van der Waals surface area (Å²) in [5.41, 5.74) is 1.46. The summed E-state index contributed by atoms with van der Waals surface area (Å²) in [7, 11) is 0. The van der Waals surface area contributed by atoms with E-state index in [1.807, 2.05) is 18.2 Å². The van der Waals surface area contributed by atoms with E-state index in [0.29, 0.717) is 19.7 Å². The van der Waals surface area contributed by atoms with Crippen LogP contribution in [0.5, 0.6) is 5.88 Å². The Balaban J connectivity index is 1.45. The number of carbonyl (C=O) groups is 1. The summed E-state index contributed by atoms with van der Waals surface area (Å²) in [4.78, 5) is 18.2. The molecule has 1 aliphatic rings. The maximum atomic E-state index is 12.2. The number of carbonyl (C=O) groups excluding carboxylic acids is 1. The molecule has 1 aliphatic heterocycles. The topological polar surface area (TPSA) is 63.7 Å². The number of hydrogen-bond acceptors (Lipinski definition) is 5. The Hall–Kier alpha value is -2.65. The molecule has 3 rings (SSSR count). The number of pyridine rings is 1. The third-order valence-electron chi connectivity index (χ3n) is 4.34. The van der Waals surface area contributed by atoms with Gasteiger partial charge in [-0.05, 0) is 11.6 Å². The number of nitrogens with zero attached hydrogens (tertiary/aromatic N) is 2. The minimum absolute atomic E-state index is 0.140. The number of benzene rings is 1. The fourth-order valence-corrected chi connectivity index (χ4v) is 2.95. The van der Waals surface area contributed by atoms with Gasteiger partial charge in [0.15, 0.2) is 6.61 Å². The largest absolute Gasteiger partial charge is 0.468 e. The van der Waals surface area contributed by atoms with Crippen molar-refractivity contribution in [1.82, 2.24) is 15.2 Å². The Bertz CT molecular complexity index is 785. The van der Waals surface area contributed by atoms with Crippen LogP contribution in [0.2, 0.25) is 0 Å². The summed E-state index contributed by atoms with van der Waals surface area (Å²) in [5.74, 6) is -0.560. The van der Waals surface area contributed by atoms with Crippen molar-refractivity contribution in [3.05, 3.63) is 59.8 Å². The number of rotatable bonds is 7. The fourth-order valence-electron chi connectivity index (χ4n) is 2.95. The van der Waals surface area contributed by atoms with Gasteiger partial charge in [0.05, 0.1) is 18.3 Å². The molecule has 1 amide bonds. The first-order valence-electron chi connectivity index (χ1n) is 9.21. The van der Waals surface area contributed by atoms with Gasteiger partial charge in [0.2, 0.25) is 5.88 Å². The van der Waals surface area contributed by atoms with E-state index in [1.54, 1.807) is 0 Å². The van der Waals surface area contributed by atoms with Crippen LogP contribution in [0.3, 0.4) is 0 Å². The van der Waals surface area contributed by atoms with Gasteiger partial charge in [0.1, 0.15) is 0 Å². The summed E-state index contributed by atoms with van der Waals surface area (Å²) < 4.78 is 46.7. The second kappa shape index (κ2) is 9.71. The molecule has 2 heterocycles. The Morgan fingerprint density at radius 2 is 2.03 bits per heavy atom. The van der Waals surface area contributed by atoms with Gasteiger partial charge < -0.3 is 14.8 Å². The summed E-state index contributed by atoms with van der Waals surface area (Å²) in [6.07, 6.45) is -3.39. The lowest BCUT2D eigenvalue weighted by Crippen LogP contribution is -2.47. The standard InChI is InChI=1S/C20H22F3N3O3/c21-20(22,23)14-29-18-7-6-16(10-24-18)19(27)25-11-17-13-26(8-9-28-17)12-15-4-2-1-3-5-15/h1-7,10,17H,8-9,11-14H2,(H,25,27). The molecule has 0 radical (unpaired) electrons. The van der Waals surface area contributed by atoms with Gasteiger partial charge in [-0.25, -0.2) is 4.98 Å². The first-order valence-corrected chi connectivity index (χ1v) is 9.21. The van der Waals surface area contributed by atoms with Crippen molar-refractivity contribution >= 4 is 5.91 Å². The van der Waals surface area contributed by atoms with Gasteiger partial charge in [-0.3, -0.25) is 9.69 Å². The van der Waals surface area contributed by atoms with E-state index in [-0.39, 0.29) is 23.5 Å². The lowest BCUT2D eigenvalue weighted by molar-refractivity contribution is -0.154. The van der Waals surface area contributed by atoms with Crippen molar-refractivity contribution in [2.45, 2.75) is 18.8 Å². The number of nitrogens with one attached hydrogen (secondary N) is 1. The zero-order valence-corrected chi connectivity index (χ0v) is 15.7. The molecule has 0 bridgehead atoms. The number of halogens is 3. The fraction of sp³-hybridized carbons (Fsp3) is 0.400. The molecule has 1 unspecified atom stereocenters. The van der Waals surface area contributed by atoms with Crippen molar-refractivity contribution in [3.63, 3.8) is 0 Å². The predicted octanol–water partition coefficient (Wildman–Crippen LogP) is 2.65. The molecular formula is C20H22F3N3O3. The van der Waals surface area contributed by atoms with Crippen LogP contribution in [0, 0.1) is 0 Å². The minimum atomic E-state index is -4.44. The molecule has 0 aliphatic carbocycles. The number of amides is 1. The molecule has 2 aromatic rings. The van der Waals surface area contributed by atoms with Gasteiger partial charge >= 0.3 is 6.18 Å². The second-order valence-corrected chi connectivity index (χ2v) is 6.71. The zero-order chi connectivity index (χ0) is 20.7. The minimum Gasteiger partial charge on any atom is -0.468 e. The Kier molecular flexibility index (Phi) is 7.05. The van der Waals surface area contributed by atoms with E-state index >= 15 is 0 Å². The van der Waals surface area contributed by atoms with Crippen LogP contribution in [0.25, 0.3) is 0 Å². The highest BCUT2D eigenvalue weighted by atomic mass is 19.4. The van der Waals surface area contributed by atoms with Crippen LogP contribution < -0.4 is 10.1 Å². The number of alkyl halides is 3. The van der Waals surface area contributed by atoms with Crippen LogP contribution in [0.4, 0.5) is 13.2 Å². The zero-order valence-electron chi connectivity index (χ0n) is 15.7. The molecular weight excluding hydrogens is 387 g/mol. The Labute approximate surface area is 166 Å². The van der Waals surface area contributed by atoms with E-state index in [1.165, 1.54) is 23.9 Å². The monoisotopic (exact) mass is 409 g/mol. The van der Waals surface area contributed by atoms with Gasteiger partial charge in [-0.15, -0.1) is 0 Å². The van der Waals surface area contributed by atoms with Crippen molar-refractivity contribution < 1.29 is 27.4 Å². The third kappa shape index (κ3) is 7.03. The molecule has 0 saturated carbocycles. The van der Waals surface area contributed by atoms with Gasteiger partial charge in [0.25, 0.3) is 5.91 Å². The smallest absolute Gasteiger partial charge is 0.422 e. The average molecular weight is 409 g/mol. The normalized spacial score (nSPS) is 17.7. The molecule has 1 saturated heterocycles. The van der Waals surface area contributed by atoms with E-state index in [0.717, 1.165) is 13.1 Å². The first-order chi connectivity index (χ1) is 13.9. The van der Waals surface area contributed by atoms with Crippen LogP contribution >= 0.6 is 0 Å². The molecule has 1 fully saturated rings. The summed E-state index contributed by atoms with van der Waals surface area (Å²) in [6.45, 7) is 1.82. The van der Waals surface area contributed by atoms with Crippen molar-refractivity contribution in [3.8, 4) is 5.88 Å². The molecule has 1 aromatic carbocycles. The third-order valence-corrected chi connectivity index (χ3v) is 4.34. The Morgan fingerprint density at radius 3 is 2.72 bits per heavy atom. The summed E-state index contributed by atoms with van der Waals surface area (Å²) >= 11 is 0. The molecule has 9 heteroatoms. The number of aromatic nitrogens is 1. The second-order valence-electron chi connectivity index (χ2n) is 6.71. The summed E-state index contributed by atoms with van der Waals surface area (Å²) in [6, 6.07) is 12.7. The van der Waals surface area contributed by atoms with Crippen LogP contribution in [0.15, 0.2) is 48.7 Å². The van der Waals surface area contributed by atoms with Crippen LogP contribution in [0.1, 0.15) is 15.9 Å². The molecule has 156 valence electrons. The Morgan fingerprint density at radius 1 is 1.24 bits per heavy atom. The molecule has 0 spiro atoms. The molecule has 1 atom stereocenters. The lowest BCUT2D eigenvalue weighted by Gasteiger charge is -2.33. The first kappa shape index (κ1) is 21.1. The predicted molar refractivity (Wildman–Crippen MR) is 99.6 cm³/mol. The highest BCUT2D eigenvalue weighted by Gasteiger charge is 2.28. The molecule has 6 nitrogen and oxygen atoms in total.